The van der Waals surface area contributed by atoms with Crippen molar-refractivity contribution in [3.8, 4) is 0 Å². The third kappa shape index (κ3) is 3.75. The average Bonchev–Trinajstić information content (AvgIpc) is 2.33. The van der Waals surface area contributed by atoms with Crippen molar-refractivity contribution in [2.45, 2.75) is 25.0 Å². The third-order valence-corrected chi connectivity index (χ3v) is 3.95. The van der Waals surface area contributed by atoms with Gasteiger partial charge in [0.2, 0.25) is 0 Å². The first-order valence-corrected chi connectivity index (χ1v) is 6.83. The Morgan fingerprint density at radius 3 is 2.78 bits per heavy atom. The van der Waals surface area contributed by atoms with Gasteiger partial charge < -0.3 is 15.2 Å². The molecule has 1 aromatic rings. The highest BCUT2D eigenvalue weighted by atomic mass is 79.9. The predicted octanol–water partition coefficient (Wildman–Crippen LogP) is 2.22. The number of nitrogens with one attached hydrogen (secondary N) is 1. The molecule has 0 spiro atoms. The first kappa shape index (κ1) is 13.9. The summed E-state index contributed by atoms with van der Waals surface area (Å²) in [5.74, 6) is -0.256. The van der Waals surface area contributed by atoms with Crippen LogP contribution in [0.5, 0.6) is 0 Å². The van der Waals surface area contributed by atoms with Gasteiger partial charge >= 0.3 is 0 Å². The SMILES string of the molecule is OC1(CNCc2ccc(F)cc2Br)CCOCC1. The number of hydrogen-bond donors (Lipinski definition) is 2. The number of ether oxygens (including phenoxy) is 1. The van der Waals surface area contributed by atoms with Crippen molar-refractivity contribution in [3.63, 3.8) is 0 Å². The van der Waals surface area contributed by atoms with Crippen LogP contribution in [0.25, 0.3) is 0 Å². The van der Waals surface area contributed by atoms with Gasteiger partial charge in [0.1, 0.15) is 5.82 Å². The van der Waals surface area contributed by atoms with Crippen molar-refractivity contribution in [1.82, 2.24) is 5.32 Å². The van der Waals surface area contributed by atoms with Crippen LogP contribution < -0.4 is 5.32 Å². The summed E-state index contributed by atoms with van der Waals surface area (Å²) in [5.41, 5.74) is 0.303. The minimum Gasteiger partial charge on any atom is -0.388 e. The van der Waals surface area contributed by atoms with Crippen LogP contribution in [0.1, 0.15) is 18.4 Å². The zero-order valence-corrected chi connectivity index (χ0v) is 11.7. The maximum atomic E-state index is 12.9. The summed E-state index contributed by atoms with van der Waals surface area (Å²) in [7, 11) is 0. The Morgan fingerprint density at radius 2 is 2.11 bits per heavy atom. The molecule has 100 valence electrons. The monoisotopic (exact) mass is 317 g/mol. The van der Waals surface area contributed by atoms with Gasteiger partial charge in [-0.3, -0.25) is 0 Å². The summed E-state index contributed by atoms with van der Waals surface area (Å²) in [4.78, 5) is 0. The molecule has 0 atom stereocenters. The highest BCUT2D eigenvalue weighted by Gasteiger charge is 2.29. The molecule has 2 rings (SSSR count). The third-order valence-electron chi connectivity index (χ3n) is 3.21. The highest BCUT2D eigenvalue weighted by molar-refractivity contribution is 9.10. The summed E-state index contributed by atoms with van der Waals surface area (Å²) in [6, 6.07) is 4.62. The molecule has 0 amide bonds. The zero-order valence-electron chi connectivity index (χ0n) is 10.1. The van der Waals surface area contributed by atoms with Crippen molar-refractivity contribution in [3.05, 3.63) is 34.1 Å². The van der Waals surface area contributed by atoms with Crippen molar-refractivity contribution in [1.29, 1.82) is 0 Å². The lowest BCUT2D eigenvalue weighted by Gasteiger charge is -2.32. The maximum Gasteiger partial charge on any atom is 0.124 e. The van der Waals surface area contributed by atoms with Crippen molar-refractivity contribution < 1.29 is 14.2 Å². The second-order valence-electron chi connectivity index (χ2n) is 4.68. The van der Waals surface area contributed by atoms with E-state index in [-0.39, 0.29) is 5.82 Å². The molecular weight excluding hydrogens is 301 g/mol. The number of halogens is 2. The molecule has 0 unspecified atom stereocenters. The van der Waals surface area contributed by atoms with E-state index in [0.717, 1.165) is 10.0 Å². The Labute approximate surface area is 114 Å². The fourth-order valence-corrected chi connectivity index (χ4v) is 2.51. The van der Waals surface area contributed by atoms with E-state index >= 15 is 0 Å². The minimum atomic E-state index is -0.676. The van der Waals surface area contributed by atoms with Gasteiger partial charge in [-0.25, -0.2) is 4.39 Å². The Kier molecular flexibility index (Phi) is 4.72. The van der Waals surface area contributed by atoms with Crippen LogP contribution in [0, 0.1) is 5.82 Å². The molecule has 1 aromatic carbocycles. The van der Waals surface area contributed by atoms with E-state index in [1.165, 1.54) is 12.1 Å². The normalized spacial score (nSPS) is 18.8. The molecule has 3 nitrogen and oxygen atoms in total. The zero-order chi connectivity index (χ0) is 13.0. The molecule has 2 N–H and O–H groups in total. The van der Waals surface area contributed by atoms with Gasteiger partial charge in [0.25, 0.3) is 0 Å². The standard InChI is InChI=1S/C13H17BrFNO2/c14-12-7-11(15)2-1-10(12)8-16-9-13(17)3-5-18-6-4-13/h1-2,7,16-17H,3-6,8-9H2. The van der Waals surface area contributed by atoms with Crippen LogP contribution in [-0.2, 0) is 11.3 Å². The summed E-state index contributed by atoms with van der Waals surface area (Å²) in [6.07, 6.45) is 1.31. The smallest absolute Gasteiger partial charge is 0.124 e. The number of hydrogen-bond acceptors (Lipinski definition) is 3. The largest absolute Gasteiger partial charge is 0.388 e. The Bertz CT molecular complexity index is 408. The van der Waals surface area contributed by atoms with Crippen LogP contribution in [0.2, 0.25) is 0 Å². The molecule has 5 heteroatoms. The van der Waals surface area contributed by atoms with Gasteiger partial charge in [-0.15, -0.1) is 0 Å². The summed E-state index contributed by atoms with van der Waals surface area (Å²) >= 11 is 3.32. The lowest BCUT2D eigenvalue weighted by Crippen LogP contribution is -2.44. The number of rotatable bonds is 4. The van der Waals surface area contributed by atoms with E-state index in [1.54, 1.807) is 6.07 Å². The van der Waals surface area contributed by atoms with Gasteiger partial charge in [0.05, 0.1) is 5.60 Å². The van der Waals surface area contributed by atoms with Crippen LogP contribution in [0.15, 0.2) is 22.7 Å². The Balaban J connectivity index is 1.84. The van der Waals surface area contributed by atoms with E-state index in [0.29, 0.717) is 39.1 Å². The molecule has 0 radical (unpaired) electrons. The topological polar surface area (TPSA) is 41.5 Å². The van der Waals surface area contributed by atoms with E-state index in [1.807, 2.05) is 0 Å². The molecule has 1 heterocycles. The molecule has 0 aromatic heterocycles. The molecule has 1 aliphatic heterocycles. The predicted molar refractivity (Wildman–Crippen MR) is 70.8 cm³/mol. The average molecular weight is 318 g/mol. The maximum absolute atomic E-state index is 12.9. The second kappa shape index (κ2) is 6.10. The molecule has 0 aliphatic carbocycles. The summed E-state index contributed by atoms with van der Waals surface area (Å²) < 4.78 is 18.9. The van der Waals surface area contributed by atoms with Gasteiger partial charge in [-0.2, -0.15) is 0 Å². The molecule has 1 fully saturated rings. The van der Waals surface area contributed by atoms with E-state index in [2.05, 4.69) is 21.2 Å². The highest BCUT2D eigenvalue weighted by Crippen LogP contribution is 2.21. The minimum absolute atomic E-state index is 0.256. The number of aliphatic hydroxyl groups is 1. The first-order chi connectivity index (χ1) is 8.59. The molecule has 18 heavy (non-hydrogen) atoms. The summed E-state index contributed by atoms with van der Waals surface area (Å²) in [5, 5.41) is 13.5. The Morgan fingerprint density at radius 1 is 1.39 bits per heavy atom. The Hall–Kier alpha value is -0.490. The van der Waals surface area contributed by atoms with Crippen LogP contribution >= 0.6 is 15.9 Å². The summed E-state index contributed by atoms with van der Waals surface area (Å²) in [6.45, 7) is 2.35. The quantitative estimate of drug-likeness (QED) is 0.894. The van der Waals surface area contributed by atoms with Crippen LogP contribution in [0.4, 0.5) is 4.39 Å². The lowest BCUT2D eigenvalue weighted by molar-refractivity contribution is -0.0617. The molecule has 0 saturated carbocycles. The van der Waals surface area contributed by atoms with Crippen molar-refractivity contribution >= 4 is 15.9 Å². The second-order valence-corrected chi connectivity index (χ2v) is 5.53. The van der Waals surface area contributed by atoms with Gasteiger partial charge in [-0.1, -0.05) is 22.0 Å². The van der Waals surface area contributed by atoms with Crippen LogP contribution in [-0.4, -0.2) is 30.5 Å². The van der Waals surface area contributed by atoms with E-state index < -0.39 is 5.60 Å². The van der Waals surface area contributed by atoms with Gasteiger partial charge in [0, 0.05) is 43.6 Å². The van der Waals surface area contributed by atoms with Crippen LogP contribution in [0.3, 0.4) is 0 Å². The molecule has 0 bridgehead atoms. The molecule has 1 aliphatic rings. The fraction of sp³-hybridized carbons (Fsp3) is 0.538. The van der Waals surface area contributed by atoms with E-state index in [4.69, 9.17) is 4.74 Å². The first-order valence-electron chi connectivity index (χ1n) is 6.04. The van der Waals surface area contributed by atoms with Crippen molar-refractivity contribution in [2.24, 2.45) is 0 Å². The molecular formula is C13H17BrFNO2. The van der Waals surface area contributed by atoms with E-state index in [9.17, 15) is 9.50 Å². The number of benzene rings is 1. The van der Waals surface area contributed by atoms with Crippen molar-refractivity contribution in [2.75, 3.05) is 19.8 Å². The lowest BCUT2D eigenvalue weighted by atomic mass is 9.94. The van der Waals surface area contributed by atoms with Gasteiger partial charge in [-0.05, 0) is 17.7 Å². The van der Waals surface area contributed by atoms with Gasteiger partial charge in [0.15, 0.2) is 0 Å². The fourth-order valence-electron chi connectivity index (χ4n) is 2.02. The molecule has 1 saturated heterocycles.